The largest absolute Gasteiger partial charge is 0.394 e. The van der Waals surface area contributed by atoms with Crippen molar-refractivity contribution in [3.05, 3.63) is 23.0 Å². The van der Waals surface area contributed by atoms with Gasteiger partial charge in [0.25, 0.3) is 0 Å². The number of hydrogen-bond donors (Lipinski definition) is 1. The number of aliphatic hydroxyl groups is 1. The predicted octanol–water partition coefficient (Wildman–Crippen LogP) is 3.14. The monoisotopic (exact) mass is 294 g/mol. The molecule has 1 fully saturated rings. The Balaban J connectivity index is 3.12. The van der Waals surface area contributed by atoms with Crippen LogP contribution in [0.25, 0.3) is 0 Å². The highest BCUT2D eigenvalue weighted by molar-refractivity contribution is 5.80. The molecule has 0 saturated carbocycles. The van der Waals surface area contributed by atoms with Gasteiger partial charge in [-0.2, -0.15) is 0 Å². The maximum absolute atomic E-state index is 9.35. The van der Waals surface area contributed by atoms with E-state index in [1.54, 1.807) is 0 Å². The second-order valence-electron chi connectivity index (χ2n) is 6.02. The Morgan fingerprint density at radius 3 is 2.52 bits per heavy atom. The zero-order valence-corrected chi connectivity index (χ0v) is 14.3. The predicted molar refractivity (Wildman–Crippen MR) is 88.5 cm³/mol. The van der Waals surface area contributed by atoms with E-state index in [-0.39, 0.29) is 18.8 Å². The molecule has 0 aromatic carbocycles. The van der Waals surface area contributed by atoms with Crippen LogP contribution in [-0.4, -0.2) is 47.6 Å². The summed E-state index contributed by atoms with van der Waals surface area (Å²) in [5.74, 6) is 0.967. The Hall–Kier alpha value is -1.13. The molecule has 1 saturated heterocycles. The first-order chi connectivity index (χ1) is 9.88. The Bertz CT molecular complexity index is 434. The minimum absolute atomic E-state index is 0.0497. The standard InChI is InChI=1S/C17H30N2O2/c1-7-13(4)14(5)8-17(18-12(2)3)19-9-16(10-20)21-11-15(19)6/h8,15-16,20H,7,9-11H2,1-6H3/b14-13+,17-8+. The number of morpholine rings is 1. The first kappa shape index (κ1) is 17.9. The van der Waals surface area contributed by atoms with Crippen molar-refractivity contribution in [3.8, 4) is 0 Å². The van der Waals surface area contributed by atoms with E-state index in [2.05, 4.69) is 38.7 Å². The van der Waals surface area contributed by atoms with Gasteiger partial charge in [0, 0.05) is 12.3 Å². The van der Waals surface area contributed by atoms with Gasteiger partial charge < -0.3 is 14.7 Å². The molecule has 1 rings (SSSR count). The highest BCUT2D eigenvalue weighted by atomic mass is 16.5. The molecule has 0 aliphatic carbocycles. The lowest BCUT2D eigenvalue weighted by molar-refractivity contribution is -0.0669. The quantitative estimate of drug-likeness (QED) is 0.626. The van der Waals surface area contributed by atoms with E-state index in [0.29, 0.717) is 13.2 Å². The lowest BCUT2D eigenvalue weighted by atomic mass is 10.1. The molecule has 1 N–H and O–H groups in total. The third-order valence-corrected chi connectivity index (χ3v) is 3.89. The van der Waals surface area contributed by atoms with Gasteiger partial charge in [-0.15, -0.1) is 0 Å². The van der Waals surface area contributed by atoms with Gasteiger partial charge in [-0.05, 0) is 52.7 Å². The van der Waals surface area contributed by atoms with Gasteiger partial charge in [0.15, 0.2) is 0 Å². The van der Waals surface area contributed by atoms with Crippen molar-refractivity contribution in [1.29, 1.82) is 0 Å². The van der Waals surface area contributed by atoms with Crippen LogP contribution in [0.3, 0.4) is 0 Å². The van der Waals surface area contributed by atoms with E-state index in [1.165, 1.54) is 11.1 Å². The molecule has 0 amide bonds. The van der Waals surface area contributed by atoms with Crippen LogP contribution >= 0.6 is 0 Å². The summed E-state index contributed by atoms with van der Waals surface area (Å²) >= 11 is 0. The van der Waals surface area contributed by atoms with Crippen molar-refractivity contribution in [2.24, 2.45) is 4.99 Å². The topological polar surface area (TPSA) is 45.1 Å². The third kappa shape index (κ3) is 5.29. The Labute approximate surface area is 129 Å². The van der Waals surface area contributed by atoms with E-state index in [0.717, 1.165) is 18.0 Å². The zero-order valence-electron chi connectivity index (χ0n) is 14.3. The summed E-state index contributed by atoms with van der Waals surface area (Å²) in [6.45, 7) is 14.0. The fraction of sp³-hybridized carbons (Fsp3) is 0.706. The molecule has 0 radical (unpaired) electrons. The molecule has 2 unspecified atom stereocenters. The average molecular weight is 294 g/mol. The van der Waals surface area contributed by atoms with Gasteiger partial charge >= 0.3 is 0 Å². The van der Waals surface area contributed by atoms with Crippen LogP contribution in [0.15, 0.2) is 28.0 Å². The minimum Gasteiger partial charge on any atom is -0.394 e. The summed E-state index contributed by atoms with van der Waals surface area (Å²) in [7, 11) is 0. The smallest absolute Gasteiger partial charge is 0.129 e. The molecule has 0 aromatic heterocycles. The molecule has 1 aliphatic heterocycles. The van der Waals surface area contributed by atoms with Crippen LogP contribution in [0.2, 0.25) is 0 Å². The normalized spacial score (nSPS) is 24.7. The molecule has 4 heteroatoms. The Morgan fingerprint density at radius 2 is 2.00 bits per heavy atom. The van der Waals surface area contributed by atoms with Crippen molar-refractivity contribution in [2.75, 3.05) is 19.8 Å². The van der Waals surface area contributed by atoms with Gasteiger partial charge in [0.2, 0.25) is 0 Å². The first-order valence-corrected chi connectivity index (χ1v) is 7.78. The summed E-state index contributed by atoms with van der Waals surface area (Å²) in [6, 6.07) is 0.261. The molecule has 1 aliphatic rings. The second-order valence-corrected chi connectivity index (χ2v) is 6.02. The van der Waals surface area contributed by atoms with Gasteiger partial charge in [-0.1, -0.05) is 12.5 Å². The molecule has 21 heavy (non-hydrogen) atoms. The van der Waals surface area contributed by atoms with Crippen LogP contribution in [-0.2, 0) is 4.74 Å². The van der Waals surface area contributed by atoms with Crippen molar-refractivity contribution in [3.63, 3.8) is 0 Å². The molecule has 0 spiro atoms. The summed E-state index contributed by atoms with van der Waals surface area (Å²) in [6.07, 6.45) is 3.07. The van der Waals surface area contributed by atoms with Crippen molar-refractivity contribution < 1.29 is 9.84 Å². The summed E-state index contributed by atoms with van der Waals surface area (Å²) < 4.78 is 5.62. The number of allylic oxidation sites excluding steroid dienone is 3. The highest BCUT2D eigenvalue weighted by Crippen LogP contribution is 2.21. The fourth-order valence-corrected chi connectivity index (χ4v) is 2.25. The van der Waals surface area contributed by atoms with E-state index < -0.39 is 0 Å². The molecule has 4 nitrogen and oxygen atoms in total. The summed E-state index contributed by atoms with van der Waals surface area (Å²) in [5, 5.41) is 9.35. The molecule has 2 atom stereocenters. The van der Waals surface area contributed by atoms with Crippen LogP contribution < -0.4 is 0 Å². The zero-order chi connectivity index (χ0) is 16.0. The summed E-state index contributed by atoms with van der Waals surface area (Å²) in [5.41, 5.74) is 3.66. The maximum Gasteiger partial charge on any atom is 0.129 e. The van der Waals surface area contributed by atoms with Crippen molar-refractivity contribution in [1.82, 2.24) is 4.90 Å². The molecular formula is C17H30N2O2. The average Bonchev–Trinajstić information content (AvgIpc) is 2.45. The van der Waals surface area contributed by atoms with Crippen molar-refractivity contribution >= 4 is 5.71 Å². The molecular weight excluding hydrogens is 264 g/mol. The molecule has 120 valence electrons. The Morgan fingerprint density at radius 1 is 1.33 bits per heavy atom. The number of hydrogen-bond acceptors (Lipinski definition) is 4. The minimum atomic E-state index is -0.131. The van der Waals surface area contributed by atoms with Crippen LogP contribution in [0.4, 0.5) is 0 Å². The number of aliphatic hydroxyl groups excluding tert-OH is 1. The van der Waals surface area contributed by atoms with Crippen LogP contribution in [0, 0.1) is 0 Å². The van der Waals surface area contributed by atoms with E-state index in [4.69, 9.17) is 9.73 Å². The molecule has 0 bridgehead atoms. The van der Waals surface area contributed by atoms with Gasteiger partial charge in [-0.25, -0.2) is 4.99 Å². The number of ether oxygens (including phenoxy) is 1. The lowest BCUT2D eigenvalue weighted by Crippen LogP contribution is -2.48. The molecule has 0 aromatic rings. The number of nitrogens with zero attached hydrogens (tertiary/aromatic N) is 2. The summed E-state index contributed by atoms with van der Waals surface area (Å²) in [4.78, 5) is 6.95. The molecule has 1 heterocycles. The third-order valence-electron chi connectivity index (χ3n) is 3.89. The van der Waals surface area contributed by atoms with Crippen molar-refractivity contribution in [2.45, 2.75) is 60.1 Å². The lowest BCUT2D eigenvalue weighted by Gasteiger charge is -2.39. The highest BCUT2D eigenvalue weighted by Gasteiger charge is 2.27. The first-order valence-electron chi connectivity index (χ1n) is 7.78. The van der Waals surface area contributed by atoms with E-state index in [9.17, 15) is 5.11 Å². The van der Waals surface area contributed by atoms with Crippen LogP contribution in [0.5, 0.6) is 0 Å². The van der Waals surface area contributed by atoms with E-state index in [1.807, 2.05) is 13.8 Å². The number of aliphatic imine (C=N–C) groups is 1. The Kier molecular flexibility index (Phi) is 7.12. The van der Waals surface area contributed by atoms with E-state index >= 15 is 0 Å². The van der Waals surface area contributed by atoms with Crippen LogP contribution in [0.1, 0.15) is 48.0 Å². The second kappa shape index (κ2) is 8.35. The van der Waals surface area contributed by atoms with Gasteiger partial charge in [-0.3, -0.25) is 0 Å². The van der Waals surface area contributed by atoms with Gasteiger partial charge in [0.1, 0.15) is 5.82 Å². The fourth-order valence-electron chi connectivity index (χ4n) is 2.25. The van der Waals surface area contributed by atoms with Gasteiger partial charge in [0.05, 0.1) is 25.4 Å². The SMILES string of the molecule is CC/C(C)=C(C)/C=C(\N=C(C)C)N1CC(CO)OCC1C. The number of rotatable bonds is 5. The maximum atomic E-state index is 9.35.